The zero-order chi connectivity index (χ0) is 29.3. The van der Waals surface area contributed by atoms with Crippen molar-refractivity contribution in [3.63, 3.8) is 0 Å². The molecule has 4 heterocycles. The summed E-state index contributed by atoms with van der Waals surface area (Å²) >= 11 is 0. The maximum absolute atomic E-state index is 13.8. The number of carbonyl (C=O) groups is 3. The largest absolute Gasteiger partial charge is 0.508 e. The number of pyridine rings is 2. The second-order valence-electron chi connectivity index (χ2n) is 10.1. The quantitative estimate of drug-likeness (QED) is 0.213. The van der Waals surface area contributed by atoms with E-state index >= 15 is 0 Å². The molecule has 2 aromatic heterocycles. The molecule has 216 valence electrons. The number of hydrogen-bond donors (Lipinski definition) is 1. The first-order valence-corrected chi connectivity index (χ1v) is 13.6. The average Bonchev–Trinajstić information content (AvgIpc) is 3.33. The number of methoxy groups -OCH3 is 1. The topological polar surface area (TPSA) is 143 Å². The van der Waals surface area contributed by atoms with E-state index in [1.54, 1.807) is 35.8 Å². The molecule has 0 saturated carbocycles. The van der Waals surface area contributed by atoms with Gasteiger partial charge in [-0.3, -0.25) is 14.4 Å². The number of cyclic esters (lactones) is 1. The number of fused-ring (bicyclic) bond motifs is 5. The van der Waals surface area contributed by atoms with Crippen LogP contribution in [0.15, 0.2) is 29.1 Å². The minimum atomic E-state index is -1.84. The monoisotopic (exact) mass is 564 g/mol. The van der Waals surface area contributed by atoms with Gasteiger partial charge < -0.3 is 28.6 Å². The van der Waals surface area contributed by atoms with Crippen molar-refractivity contribution in [2.45, 2.75) is 58.3 Å². The molecule has 0 spiro atoms. The molecule has 0 saturated heterocycles. The highest BCUT2D eigenvalue weighted by molar-refractivity contribution is 5.91. The number of hydrogen-bond acceptors (Lipinski definition) is 10. The van der Waals surface area contributed by atoms with Gasteiger partial charge in [0.2, 0.25) is 5.60 Å². The van der Waals surface area contributed by atoms with Crippen molar-refractivity contribution < 1.29 is 38.4 Å². The van der Waals surface area contributed by atoms with E-state index in [4.69, 9.17) is 23.9 Å². The molecule has 0 fully saturated rings. The molecule has 3 aromatic rings. The SMILES string of the molecule is CCc1c2c(nc3ccc(O)cc13)-c1cc3c(c(=O)n1C2)COC(=O)[C@@]3(CC)OC(=O)CCC(=O)COCCOC. The first-order valence-electron chi connectivity index (χ1n) is 13.6. The molecule has 2 aliphatic heterocycles. The fourth-order valence-electron chi connectivity index (χ4n) is 5.60. The van der Waals surface area contributed by atoms with Crippen molar-refractivity contribution in [2.75, 3.05) is 26.9 Å². The van der Waals surface area contributed by atoms with Crippen LogP contribution in [0.5, 0.6) is 5.75 Å². The van der Waals surface area contributed by atoms with Crippen LogP contribution in [0.4, 0.5) is 0 Å². The molecule has 1 N–H and O–H groups in total. The zero-order valence-corrected chi connectivity index (χ0v) is 23.3. The smallest absolute Gasteiger partial charge is 0.355 e. The van der Waals surface area contributed by atoms with E-state index < -0.39 is 17.5 Å². The number of esters is 2. The Balaban J connectivity index is 1.50. The summed E-state index contributed by atoms with van der Waals surface area (Å²) in [6.45, 7) is 4.14. The summed E-state index contributed by atoms with van der Waals surface area (Å²) in [4.78, 5) is 56.9. The summed E-state index contributed by atoms with van der Waals surface area (Å²) in [5.41, 5.74) is 1.94. The van der Waals surface area contributed by atoms with E-state index in [1.807, 2.05) is 6.92 Å². The van der Waals surface area contributed by atoms with Crippen molar-refractivity contribution in [3.8, 4) is 17.1 Å². The summed E-state index contributed by atoms with van der Waals surface area (Å²) in [5.74, 6) is -1.70. The Morgan fingerprint density at radius 3 is 2.66 bits per heavy atom. The van der Waals surface area contributed by atoms with Crippen molar-refractivity contribution in [2.24, 2.45) is 0 Å². The van der Waals surface area contributed by atoms with Crippen LogP contribution in [0, 0.1) is 0 Å². The number of ketones is 1. The van der Waals surface area contributed by atoms with Crippen LogP contribution < -0.4 is 5.56 Å². The average molecular weight is 565 g/mol. The molecule has 5 rings (SSSR count). The van der Waals surface area contributed by atoms with Gasteiger partial charge in [0.1, 0.15) is 19.0 Å². The predicted molar refractivity (Wildman–Crippen MR) is 146 cm³/mol. The number of aryl methyl sites for hydroxylation is 1. The molecule has 0 amide bonds. The standard InChI is InChI=1S/C30H32N2O9/c1-4-19-20-12-17(33)6-8-24(20)31-27-21(19)14-32-25(27)13-23-22(28(32)36)16-40-29(37)30(23,5-2)41-26(35)9-7-18(34)15-39-11-10-38-3/h6,8,12-13,33H,4-5,7,9-11,14-16H2,1-3H3/t30-/m0/s1. The Labute approximate surface area is 236 Å². The van der Waals surface area contributed by atoms with E-state index in [-0.39, 0.29) is 73.8 Å². The Bertz CT molecular complexity index is 1610. The van der Waals surface area contributed by atoms with Crippen molar-refractivity contribution >= 4 is 28.6 Å². The predicted octanol–water partition coefficient (Wildman–Crippen LogP) is 2.91. The summed E-state index contributed by atoms with van der Waals surface area (Å²) in [6, 6.07) is 6.66. The lowest BCUT2D eigenvalue weighted by Gasteiger charge is -2.35. The first-order chi connectivity index (χ1) is 19.7. The molecule has 2 aliphatic rings. The summed E-state index contributed by atoms with van der Waals surface area (Å²) in [6.07, 6.45) is 0.296. The van der Waals surface area contributed by atoms with Crippen LogP contribution in [0.1, 0.15) is 55.4 Å². The molecule has 11 heteroatoms. The molecule has 11 nitrogen and oxygen atoms in total. The van der Waals surface area contributed by atoms with E-state index in [1.165, 1.54) is 7.11 Å². The van der Waals surface area contributed by atoms with Gasteiger partial charge in [0, 0.05) is 30.0 Å². The molecule has 0 radical (unpaired) electrons. The Morgan fingerprint density at radius 1 is 1.12 bits per heavy atom. The number of Topliss-reactive ketones (excluding diaryl/α,β-unsaturated/α-hetero) is 1. The van der Waals surface area contributed by atoms with Crippen LogP contribution in [-0.2, 0) is 58.5 Å². The lowest BCUT2D eigenvalue weighted by molar-refractivity contribution is -0.189. The second kappa shape index (κ2) is 11.4. The number of rotatable bonds is 11. The third-order valence-electron chi connectivity index (χ3n) is 7.70. The number of phenolic OH excluding ortho intramolecular Hbond substituents is 1. The molecule has 41 heavy (non-hydrogen) atoms. The normalized spacial score (nSPS) is 17.1. The maximum Gasteiger partial charge on any atom is 0.355 e. The minimum Gasteiger partial charge on any atom is -0.508 e. The van der Waals surface area contributed by atoms with Gasteiger partial charge in [-0.25, -0.2) is 9.78 Å². The van der Waals surface area contributed by atoms with E-state index in [0.717, 1.165) is 16.5 Å². The van der Waals surface area contributed by atoms with Gasteiger partial charge in [0.15, 0.2) is 5.78 Å². The highest BCUT2D eigenvalue weighted by Gasteiger charge is 2.50. The molecular weight excluding hydrogens is 532 g/mol. The molecule has 0 aliphatic carbocycles. The van der Waals surface area contributed by atoms with E-state index in [9.17, 15) is 24.3 Å². The van der Waals surface area contributed by atoms with Crippen LogP contribution >= 0.6 is 0 Å². The number of carbonyl (C=O) groups excluding carboxylic acids is 3. The van der Waals surface area contributed by atoms with Gasteiger partial charge in [-0.2, -0.15) is 0 Å². The van der Waals surface area contributed by atoms with Gasteiger partial charge in [-0.1, -0.05) is 13.8 Å². The molecular formula is C30H32N2O9. The minimum absolute atomic E-state index is 0.0268. The molecule has 1 atom stereocenters. The van der Waals surface area contributed by atoms with Crippen LogP contribution in [0.3, 0.4) is 0 Å². The summed E-state index contributed by atoms with van der Waals surface area (Å²) in [7, 11) is 1.52. The number of phenols is 1. The van der Waals surface area contributed by atoms with Crippen molar-refractivity contribution in [1.29, 1.82) is 0 Å². The van der Waals surface area contributed by atoms with Crippen LogP contribution in [0.25, 0.3) is 22.3 Å². The van der Waals surface area contributed by atoms with Gasteiger partial charge in [-0.15, -0.1) is 0 Å². The number of benzene rings is 1. The fourth-order valence-corrected chi connectivity index (χ4v) is 5.60. The Hall–Kier alpha value is -4.09. The van der Waals surface area contributed by atoms with Crippen molar-refractivity contribution in [3.05, 3.63) is 56.9 Å². The number of aromatic hydroxyl groups is 1. The van der Waals surface area contributed by atoms with Crippen LogP contribution in [-0.4, -0.2) is 59.3 Å². The molecule has 0 bridgehead atoms. The molecule has 1 aromatic carbocycles. The molecule has 0 unspecified atom stereocenters. The van der Waals surface area contributed by atoms with Gasteiger partial charge in [0.05, 0.1) is 48.6 Å². The van der Waals surface area contributed by atoms with Gasteiger partial charge in [-0.05, 0) is 42.7 Å². The van der Waals surface area contributed by atoms with Crippen molar-refractivity contribution in [1.82, 2.24) is 9.55 Å². The lowest BCUT2D eigenvalue weighted by Crippen LogP contribution is -2.47. The third-order valence-corrected chi connectivity index (χ3v) is 7.70. The lowest BCUT2D eigenvalue weighted by atomic mass is 9.85. The van der Waals surface area contributed by atoms with Gasteiger partial charge >= 0.3 is 11.9 Å². The summed E-state index contributed by atoms with van der Waals surface area (Å²) in [5, 5.41) is 10.9. The first kappa shape index (κ1) is 28.4. The number of aromatic nitrogens is 2. The summed E-state index contributed by atoms with van der Waals surface area (Å²) < 4.78 is 22.8. The maximum atomic E-state index is 13.8. The Morgan fingerprint density at radius 2 is 1.93 bits per heavy atom. The highest BCUT2D eigenvalue weighted by Crippen LogP contribution is 2.42. The fraction of sp³-hybridized carbons (Fsp3) is 0.433. The number of ether oxygens (including phenoxy) is 4. The zero-order valence-electron chi connectivity index (χ0n) is 23.3. The van der Waals surface area contributed by atoms with E-state index in [2.05, 4.69) is 0 Å². The third kappa shape index (κ3) is 5.00. The second-order valence-corrected chi connectivity index (χ2v) is 10.1. The van der Waals surface area contributed by atoms with Gasteiger partial charge in [0.25, 0.3) is 5.56 Å². The number of nitrogens with zero attached hydrogens (tertiary/aromatic N) is 2. The van der Waals surface area contributed by atoms with Crippen LogP contribution in [0.2, 0.25) is 0 Å². The van der Waals surface area contributed by atoms with E-state index in [0.29, 0.717) is 29.9 Å². The highest BCUT2D eigenvalue weighted by atomic mass is 16.6. The Kier molecular flexibility index (Phi) is 7.92.